The van der Waals surface area contributed by atoms with E-state index in [1.165, 1.54) is 18.3 Å². The molecule has 0 unspecified atom stereocenters. The van der Waals surface area contributed by atoms with Crippen molar-refractivity contribution in [2.45, 2.75) is 31.0 Å². The normalized spacial score (nSPS) is 21.7. The third-order valence-electron chi connectivity index (χ3n) is 4.90. The molecule has 2 aromatic rings. The van der Waals surface area contributed by atoms with Crippen LogP contribution in [0.15, 0.2) is 36.8 Å². The predicted octanol–water partition coefficient (Wildman–Crippen LogP) is 1.85. The molecule has 8 heteroatoms. The molecule has 2 aliphatic rings. The first kappa shape index (κ1) is 16.8. The van der Waals surface area contributed by atoms with Crippen LogP contribution in [0.25, 0.3) is 0 Å². The zero-order valence-electron chi connectivity index (χ0n) is 14.2. The molecule has 136 valence electrons. The van der Waals surface area contributed by atoms with E-state index in [1.54, 1.807) is 23.4 Å². The zero-order valence-corrected chi connectivity index (χ0v) is 14.2. The van der Waals surface area contributed by atoms with Crippen LogP contribution in [-0.4, -0.2) is 57.2 Å². The molecule has 2 aliphatic heterocycles. The topological polar surface area (TPSA) is 77.4 Å². The fourth-order valence-electron chi connectivity index (χ4n) is 3.51. The molecule has 0 N–H and O–H groups in total. The van der Waals surface area contributed by atoms with Gasteiger partial charge in [0.25, 0.3) is 11.8 Å². The van der Waals surface area contributed by atoms with Crippen LogP contribution in [0.5, 0.6) is 5.88 Å². The highest BCUT2D eigenvalue weighted by Crippen LogP contribution is 2.37. The Kier molecular flexibility index (Phi) is 4.50. The molecule has 1 spiro atoms. The number of likely N-dealkylation sites (tertiary alicyclic amines) is 1. The second kappa shape index (κ2) is 6.95. The Morgan fingerprint density at radius 2 is 1.92 bits per heavy atom. The Hall–Kier alpha value is -2.61. The first-order valence-electron chi connectivity index (χ1n) is 8.63. The average molecular weight is 358 g/mol. The van der Waals surface area contributed by atoms with E-state index in [4.69, 9.17) is 9.47 Å². The summed E-state index contributed by atoms with van der Waals surface area (Å²) < 4.78 is 25.4. The molecule has 0 saturated carbocycles. The van der Waals surface area contributed by atoms with Crippen LogP contribution < -0.4 is 4.74 Å². The zero-order chi connectivity index (χ0) is 18.0. The van der Waals surface area contributed by atoms with Crippen molar-refractivity contribution in [1.29, 1.82) is 0 Å². The maximum Gasteiger partial charge on any atom is 0.291 e. The quantitative estimate of drug-likeness (QED) is 0.833. The van der Waals surface area contributed by atoms with Crippen LogP contribution in [0.3, 0.4) is 0 Å². The lowest BCUT2D eigenvalue weighted by Crippen LogP contribution is -2.47. The molecule has 4 heterocycles. The summed E-state index contributed by atoms with van der Waals surface area (Å²) in [4.78, 5) is 26.1. The van der Waals surface area contributed by atoms with Gasteiger partial charge in [0.2, 0.25) is 5.82 Å². The number of hydrogen-bond donors (Lipinski definition) is 0. The van der Waals surface area contributed by atoms with E-state index < -0.39 is 5.82 Å². The maximum atomic E-state index is 13.7. The molecule has 7 nitrogen and oxygen atoms in total. The summed E-state index contributed by atoms with van der Waals surface area (Å²) in [7, 11) is 0. The maximum absolute atomic E-state index is 13.7. The lowest BCUT2D eigenvalue weighted by molar-refractivity contribution is -0.0397. The number of carbonyl (C=O) groups is 1. The number of ether oxygens (including phenoxy) is 2. The third kappa shape index (κ3) is 3.37. The lowest BCUT2D eigenvalue weighted by Gasteiger charge is -2.38. The summed E-state index contributed by atoms with van der Waals surface area (Å²) in [6.45, 7) is 1.54. The first-order valence-corrected chi connectivity index (χ1v) is 8.63. The van der Waals surface area contributed by atoms with Gasteiger partial charge in [-0.15, -0.1) is 0 Å². The van der Waals surface area contributed by atoms with Crippen molar-refractivity contribution in [1.82, 2.24) is 19.9 Å². The minimum atomic E-state index is -0.475. The van der Waals surface area contributed by atoms with Gasteiger partial charge in [0.15, 0.2) is 5.82 Å². The van der Waals surface area contributed by atoms with Gasteiger partial charge in [-0.25, -0.2) is 19.3 Å². The van der Waals surface area contributed by atoms with Gasteiger partial charge in [-0.3, -0.25) is 4.79 Å². The summed E-state index contributed by atoms with van der Waals surface area (Å²) in [5.41, 5.74) is -0.329. The molecule has 1 amide bonds. The summed E-state index contributed by atoms with van der Waals surface area (Å²) in [5, 5.41) is 0. The second-order valence-electron chi connectivity index (χ2n) is 6.59. The van der Waals surface area contributed by atoms with Crippen molar-refractivity contribution in [3.05, 3.63) is 48.4 Å². The number of piperidine rings is 1. The van der Waals surface area contributed by atoms with Gasteiger partial charge in [-0.1, -0.05) is 0 Å². The highest BCUT2D eigenvalue weighted by atomic mass is 19.1. The van der Waals surface area contributed by atoms with Crippen molar-refractivity contribution >= 4 is 5.91 Å². The Bertz CT molecular complexity index is 781. The van der Waals surface area contributed by atoms with Crippen LogP contribution in [0.1, 0.15) is 29.9 Å². The molecule has 2 fully saturated rings. The molecule has 0 radical (unpaired) electrons. The summed E-state index contributed by atoms with van der Waals surface area (Å²) >= 11 is 0. The van der Waals surface area contributed by atoms with E-state index in [2.05, 4.69) is 15.0 Å². The second-order valence-corrected chi connectivity index (χ2v) is 6.59. The summed E-state index contributed by atoms with van der Waals surface area (Å²) in [5.74, 6) is -0.423. The lowest BCUT2D eigenvalue weighted by atomic mass is 9.88. The van der Waals surface area contributed by atoms with E-state index in [-0.39, 0.29) is 29.3 Å². The van der Waals surface area contributed by atoms with E-state index in [9.17, 15) is 9.18 Å². The predicted molar refractivity (Wildman–Crippen MR) is 89.1 cm³/mol. The van der Waals surface area contributed by atoms with Gasteiger partial charge in [-0.05, 0) is 31.0 Å². The standard InChI is InChI=1S/C18H19FN4O3/c19-14-3-1-6-22-16(14)26-13-11-18(25-12-13)4-9-23(10-5-18)17(24)15-20-7-2-8-21-15/h1-3,6-8,13H,4-5,9-12H2/t13-/m1/s1. The first-order chi connectivity index (χ1) is 12.7. The van der Waals surface area contributed by atoms with Crippen molar-refractivity contribution in [3.63, 3.8) is 0 Å². The number of pyridine rings is 1. The van der Waals surface area contributed by atoms with Crippen molar-refractivity contribution < 1.29 is 18.7 Å². The number of nitrogens with zero attached hydrogens (tertiary/aromatic N) is 4. The van der Waals surface area contributed by atoms with Gasteiger partial charge in [0, 0.05) is 38.1 Å². The fraction of sp³-hybridized carbons (Fsp3) is 0.444. The van der Waals surface area contributed by atoms with E-state index in [0.29, 0.717) is 39.0 Å². The number of hydrogen-bond acceptors (Lipinski definition) is 6. The molecule has 0 bridgehead atoms. The summed E-state index contributed by atoms with van der Waals surface area (Å²) in [6, 6.07) is 4.53. The smallest absolute Gasteiger partial charge is 0.291 e. The Balaban J connectivity index is 1.34. The van der Waals surface area contributed by atoms with E-state index >= 15 is 0 Å². The summed E-state index contributed by atoms with van der Waals surface area (Å²) in [6.07, 6.45) is 6.45. The fourth-order valence-corrected chi connectivity index (χ4v) is 3.51. The number of halogens is 1. The number of carbonyl (C=O) groups excluding carboxylic acids is 1. The largest absolute Gasteiger partial charge is 0.470 e. The molecule has 4 rings (SSSR count). The minimum absolute atomic E-state index is 0.00647. The minimum Gasteiger partial charge on any atom is -0.470 e. The monoisotopic (exact) mass is 358 g/mol. The molecule has 26 heavy (non-hydrogen) atoms. The molecule has 1 atom stereocenters. The van der Waals surface area contributed by atoms with E-state index in [0.717, 1.165) is 0 Å². The Labute approximate surface area is 150 Å². The SMILES string of the molecule is O=C(c1ncccn1)N1CCC2(CC1)C[C@@H](Oc1ncccc1F)CO2. The highest BCUT2D eigenvalue weighted by Gasteiger charge is 2.44. The van der Waals surface area contributed by atoms with Crippen LogP contribution in [0.2, 0.25) is 0 Å². The van der Waals surface area contributed by atoms with Gasteiger partial charge >= 0.3 is 0 Å². The van der Waals surface area contributed by atoms with Crippen LogP contribution in [-0.2, 0) is 4.74 Å². The highest BCUT2D eigenvalue weighted by molar-refractivity contribution is 5.90. The van der Waals surface area contributed by atoms with Gasteiger partial charge < -0.3 is 14.4 Å². The van der Waals surface area contributed by atoms with Crippen LogP contribution >= 0.6 is 0 Å². The number of rotatable bonds is 3. The molecule has 2 saturated heterocycles. The molecular weight excluding hydrogens is 339 g/mol. The van der Waals surface area contributed by atoms with Gasteiger partial charge in [0.05, 0.1) is 12.2 Å². The van der Waals surface area contributed by atoms with Crippen molar-refractivity contribution in [2.24, 2.45) is 0 Å². The number of amides is 1. The third-order valence-corrected chi connectivity index (χ3v) is 4.90. The average Bonchev–Trinajstić information content (AvgIpc) is 3.06. The Morgan fingerprint density at radius 3 is 2.65 bits per heavy atom. The number of aromatic nitrogens is 3. The molecule has 0 aromatic carbocycles. The van der Waals surface area contributed by atoms with Crippen LogP contribution in [0.4, 0.5) is 4.39 Å². The van der Waals surface area contributed by atoms with Gasteiger partial charge in [-0.2, -0.15) is 0 Å². The molecular formula is C18H19FN4O3. The van der Waals surface area contributed by atoms with Crippen molar-refractivity contribution in [3.8, 4) is 5.88 Å². The van der Waals surface area contributed by atoms with E-state index in [1.807, 2.05) is 0 Å². The molecule has 2 aromatic heterocycles. The Morgan fingerprint density at radius 1 is 1.19 bits per heavy atom. The van der Waals surface area contributed by atoms with Crippen LogP contribution in [0, 0.1) is 5.82 Å². The van der Waals surface area contributed by atoms with Crippen molar-refractivity contribution in [2.75, 3.05) is 19.7 Å². The van der Waals surface area contributed by atoms with Gasteiger partial charge in [0.1, 0.15) is 6.10 Å². The molecule has 0 aliphatic carbocycles.